The van der Waals surface area contributed by atoms with Crippen molar-refractivity contribution in [1.29, 1.82) is 0 Å². The molecule has 0 radical (unpaired) electrons. The molecule has 1 fully saturated rings. The number of rotatable bonds is 7. The van der Waals surface area contributed by atoms with Gasteiger partial charge in [0, 0.05) is 6.92 Å². The molecule has 1 aromatic rings. The summed E-state index contributed by atoms with van der Waals surface area (Å²) in [4.78, 5) is 11.6. The Labute approximate surface area is 163 Å². The Morgan fingerprint density at radius 2 is 1.89 bits per heavy atom. The largest absolute Gasteiger partial charge is 0.409 e. The lowest BCUT2D eigenvalue weighted by Gasteiger charge is -2.40. The minimum atomic E-state index is -2.14. The first-order valence-electron chi connectivity index (χ1n) is 9.41. The van der Waals surface area contributed by atoms with Crippen LogP contribution in [0.15, 0.2) is 30.3 Å². The van der Waals surface area contributed by atoms with Gasteiger partial charge in [0.2, 0.25) is 5.91 Å². The van der Waals surface area contributed by atoms with Crippen molar-refractivity contribution < 1.29 is 23.8 Å². The summed E-state index contributed by atoms with van der Waals surface area (Å²) in [5.41, 5.74) is 1.07. The van der Waals surface area contributed by atoms with Crippen molar-refractivity contribution in [2.24, 2.45) is 0 Å². The standard InChI is InChI=1S/C20H33NO5Si/c1-14(22)21-17-18(26-27(5,6)20(2,3)4)16(25-19(17)23)13-24-12-15-10-8-7-9-11-15/h7-11,16-19,23H,12-13H2,1-6H3,(H,21,22)/t16-,17+,18?,19-/m1/s1. The number of hydrogen-bond acceptors (Lipinski definition) is 5. The van der Waals surface area contributed by atoms with Crippen molar-refractivity contribution in [3.8, 4) is 0 Å². The van der Waals surface area contributed by atoms with E-state index in [2.05, 4.69) is 39.2 Å². The number of aliphatic hydroxyl groups excluding tert-OH is 1. The number of ether oxygens (including phenoxy) is 2. The Morgan fingerprint density at radius 3 is 2.44 bits per heavy atom. The second-order valence-corrected chi connectivity index (χ2v) is 13.4. The van der Waals surface area contributed by atoms with Crippen LogP contribution in [0.4, 0.5) is 0 Å². The van der Waals surface area contributed by atoms with Crippen LogP contribution in [0.5, 0.6) is 0 Å². The number of aliphatic hydroxyl groups is 1. The molecule has 1 unspecified atom stereocenters. The van der Waals surface area contributed by atoms with E-state index in [1.807, 2.05) is 30.3 Å². The topological polar surface area (TPSA) is 77.0 Å². The number of carbonyl (C=O) groups is 1. The van der Waals surface area contributed by atoms with E-state index >= 15 is 0 Å². The van der Waals surface area contributed by atoms with Crippen molar-refractivity contribution in [3.05, 3.63) is 35.9 Å². The van der Waals surface area contributed by atoms with E-state index in [0.717, 1.165) is 5.56 Å². The zero-order chi connectivity index (χ0) is 20.2. The van der Waals surface area contributed by atoms with Crippen LogP contribution >= 0.6 is 0 Å². The quantitative estimate of drug-likeness (QED) is 0.694. The Hall–Kier alpha value is -1.25. The molecule has 27 heavy (non-hydrogen) atoms. The normalized spacial score (nSPS) is 26.2. The Kier molecular flexibility index (Phi) is 7.21. The van der Waals surface area contributed by atoms with Gasteiger partial charge in [-0.1, -0.05) is 51.1 Å². The predicted octanol–water partition coefficient (Wildman–Crippen LogP) is 2.82. The second-order valence-electron chi connectivity index (χ2n) is 8.63. The van der Waals surface area contributed by atoms with Crippen LogP contribution in [0.25, 0.3) is 0 Å². The molecule has 0 spiro atoms. The van der Waals surface area contributed by atoms with E-state index < -0.39 is 32.9 Å². The first kappa shape index (κ1) is 22.0. The highest BCUT2D eigenvalue weighted by Crippen LogP contribution is 2.39. The number of amides is 1. The zero-order valence-electron chi connectivity index (χ0n) is 17.2. The first-order valence-corrected chi connectivity index (χ1v) is 12.3. The maximum Gasteiger partial charge on any atom is 0.217 e. The van der Waals surface area contributed by atoms with E-state index in [4.69, 9.17) is 13.9 Å². The highest BCUT2D eigenvalue weighted by atomic mass is 28.4. The minimum absolute atomic E-state index is 0.00321. The maximum atomic E-state index is 11.6. The van der Waals surface area contributed by atoms with Crippen LogP contribution in [-0.4, -0.2) is 50.5 Å². The van der Waals surface area contributed by atoms with Gasteiger partial charge in [-0.05, 0) is 23.7 Å². The van der Waals surface area contributed by atoms with Gasteiger partial charge in [0.05, 0.1) is 19.3 Å². The van der Waals surface area contributed by atoms with Crippen molar-refractivity contribution in [2.75, 3.05) is 6.61 Å². The molecule has 7 heteroatoms. The van der Waals surface area contributed by atoms with Crippen LogP contribution in [-0.2, 0) is 25.3 Å². The third-order valence-electron chi connectivity index (χ3n) is 5.34. The number of carbonyl (C=O) groups excluding carboxylic acids is 1. The van der Waals surface area contributed by atoms with Gasteiger partial charge < -0.3 is 24.3 Å². The van der Waals surface area contributed by atoms with Crippen LogP contribution in [0.1, 0.15) is 33.3 Å². The smallest absolute Gasteiger partial charge is 0.217 e. The molecule has 0 saturated carbocycles. The fraction of sp³-hybridized carbons (Fsp3) is 0.650. The Balaban J connectivity index is 2.09. The molecule has 2 N–H and O–H groups in total. The molecule has 6 nitrogen and oxygen atoms in total. The molecule has 1 aromatic carbocycles. The number of nitrogens with one attached hydrogen (secondary N) is 1. The van der Waals surface area contributed by atoms with Gasteiger partial charge in [-0.25, -0.2) is 0 Å². The van der Waals surface area contributed by atoms with Crippen LogP contribution in [0, 0.1) is 0 Å². The second kappa shape index (κ2) is 8.83. The molecule has 0 aliphatic carbocycles. The molecule has 2 rings (SSSR count). The summed E-state index contributed by atoms with van der Waals surface area (Å²) in [5.74, 6) is -0.225. The third-order valence-corrected chi connectivity index (χ3v) is 9.82. The fourth-order valence-electron chi connectivity index (χ4n) is 2.79. The van der Waals surface area contributed by atoms with Gasteiger partial charge in [0.1, 0.15) is 12.1 Å². The van der Waals surface area contributed by atoms with E-state index in [1.54, 1.807) is 0 Å². The van der Waals surface area contributed by atoms with Crippen molar-refractivity contribution in [2.45, 2.75) is 77.0 Å². The molecule has 1 aliphatic heterocycles. The summed E-state index contributed by atoms with van der Waals surface area (Å²) in [6.07, 6.45) is -2.02. The van der Waals surface area contributed by atoms with E-state index in [1.165, 1.54) is 6.92 Å². The van der Waals surface area contributed by atoms with Crippen molar-refractivity contribution >= 4 is 14.2 Å². The predicted molar refractivity (Wildman–Crippen MR) is 107 cm³/mol. The molecule has 4 atom stereocenters. The van der Waals surface area contributed by atoms with Crippen LogP contribution in [0.3, 0.4) is 0 Å². The minimum Gasteiger partial charge on any atom is -0.409 e. The lowest BCUT2D eigenvalue weighted by molar-refractivity contribution is -0.129. The van der Waals surface area contributed by atoms with Gasteiger partial charge in [-0.15, -0.1) is 0 Å². The summed E-state index contributed by atoms with van der Waals surface area (Å²) in [6.45, 7) is 12.9. The van der Waals surface area contributed by atoms with Gasteiger partial charge >= 0.3 is 0 Å². The van der Waals surface area contributed by atoms with Crippen LogP contribution in [0.2, 0.25) is 18.1 Å². The number of hydrogen-bond donors (Lipinski definition) is 2. The third kappa shape index (κ3) is 5.86. The average molecular weight is 396 g/mol. The van der Waals surface area contributed by atoms with Crippen molar-refractivity contribution in [1.82, 2.24) is 5.32 Å². The van der Waals surface area contributed by atoms with E-state index in [-0.39, 0.29) is 17.6 Å². The van der Waals surface area contributed by atoms with Crippen molar-refractivity contribution in [3.63, 3.8) is 0 Å². The monoisotopic (exact) mass is 395 g/mol. The Morgan fingerprint density at radius 1 is 1.26 bits per heavy atom. The van der Waals surface area contributed by atoms with E-state index in [9.17, 15) is 9.90 Å². The summed E-state index contributed by atoms with van der Waals surface area (Å²) in [6, 6.07) is 9.26. The van der Waals surface area contributed by atoms with Gasteiger partial charge in [-0.3, -0.25) is 4.79 Å². The van der Waals surface area contributed by atoms with Crippen LogP contribution < -0.4 is 5.32 Å². The highest BCUT2D eigenvalue weighted by molar-refractivity contribution is 6.74. The first-order chi connectivity index (χ1) is 12.5. The Bertz CT molecular complexity index is 617. The van der Waals surface area contributed by atoms with E-state index in [0.29, 0.717) is 6.61 Å². The van der Waals surface area contributed by atoms with Gasteiger partial charge in [0.15, 0.2) is 14.6 Å². The molecule has 152 valence electrons. The molecule has 1 heterocycles. The molecule has 1 aliphatic rings. The molecular formula is C20H33NO5Si. The number of benzene rings is 1. The average Bonchev–Trinajstić information content (AvgIpc) is 2.82. The summed E-state index contributed by atoms with van der Waals surface area (Å²) >= 11 is 0. The van der Waals surface area contributed by atoms with Gasteiger partial charge in [0.25, 0.3) is 0 Å². The maximum absolute atomic E-state index is 11.6. The lowest BCUT2D eigenvalue weighted by Crippen LogP contribution is -2.54. The molecular weight excluding hydrogens is 362 g/mol. The highest BCUT2D eigenvalue weighted by Gasteiger charge is 2.50. The molecule has 0 bridgehead atoms. The lowest BCUT2D eigenvalue weighted by atomic mass is 10.1. The molecule has 1 amide bonds. The summed E-state index contributed by atoms with van der Waals surface area (Å²) < 4.78 is 18.0. The molecule has 0 aromatic heterocycles. The SMILES string of the molecule is CC(=O)N[C@H]1C(O[Si](C)(C)C(C)(C)C)[C@@H](COCc2ccccc2)O[C@H]1O. The zero-order valence-corrected chi connectivity index (χ0v) is 18.2. The van der Waals surface area contributed by atoms with Gasteiger partial charge in [-0.2, -0.15) is 0 Å². The summed E-state index contributed by atoms with van der Waals surface area (Å²) in [5, 5.41) is 13.1. The summed E-state index contributed by atoms with van der Waals surface area (Å²) in [7, 11) is -2.14. The fourth-order valence-corrected chi connectivity index (χ4v) is 4.12. The molecule has 1 saturated heterocycles.